The summed E-state index contributed by atoms with van der Waals surface area (Å²) in [7, 11) is 0. The molecular formula is C8H10BrNO3. The zero-order chi connectivity index (χ0) is 9.84. The Labute approximate surface area is 84.1 Å². The zero-order valence-electron chi connectivity index (χ0n) is 7.08. The topological polar surface area (TPSA) is 62.5 Å². The van der Waals surface area contributed by atoms with Crippen LogP contribution in [-0.2, 0) is 0 Å². The third-order valence-corrected chi connectivity index (χ3v) is 1.87. The molecule has 1 amide bonds. The van der Waals surface area contributed by atoms with Gasteiger partial charge in [0.2, 0.25) is 0 Å². The Morgan fingerprint density at radius 2 is 2.46 bits per heavy atom. The first-order valence-corrected chi connectivity index (χ1v) is 4.60. The Morgan fingerprint density at radius 3 is 2.92 bits per heavy atom. The highest BCUT2D eigenvalue weighted by Gasteiger charge is 2.12. The molecule has 0 aliphatic heterocycles. The van der Waals surface area contributed by atoms with E-state index < -0.39 is 0 Å². The first-order valence-electron chi connectivity index (χ1n) is 3.80. The van der Waals surface area contributed by atoms with Crippen molar-refractivity contribution in [2.45, 2.75) is 13.0 Å². The first-order chi connectivity index (χ1) is 6.13. The summed E-state index contributed by atoms with van der Waals surface area (Å²) in [4.78, 5) is 11.3. The number of rotatable bonds is 3. The predicted molar refractivity (Wildman–Crippen MR) is 50.4 cm³/mol. The van der Waals surface area contributed by atoms with Crippen molar-refractivity contribution in [3.63, 3.8) is 0 Å². The molecule has 72 valence electrons. The van der Waals surface area contributed by atoms with E-state index >= 15 is 0 Å². The van der Waals surface area contributed by atoms with E-state index in [-0.39, 0.29) is 24.3 Å². The Bertz CT molecular complexity index is 297. The number of furan rings is 1. The van der Waals surface area contributed by atoms with Gasteiger partial charge in [-0.3, -0.25) is 4.79 Å². The van der Waals surface area contributed by atoms with Crippen LogP contribution in [0.15, 0.2) is 21.2 Å². The number of hydrogen-bond donors (Lipinski definition) is 2. The molecule has 0 bridgehead atoms. The van der Waals surface area contributed by atoms with Gasteiger partial charge in [0.15, 0.2) is 10.4 Å². The van der Waals surface area contributed by atoms with Crippen molar-refractivity contribution < 1.29 is 14.3 Å². The number of carbonyl (C=O) groups excluding carboxylic acids is 1. The molecule has 0 saturated carbocycles. The highest BCUT2D eigenvalue weighted by atomic mass is 79.9. The maximum Gasteiger partial charge on any atom is 0.287 e. The van der Waals surface area contributed by atoms with Crippen molar-refractivity contribution >= 4 is 21.8 Å². The van der Waals surface area contributed by atoms with Crippen molar-refractivity contribution in [1.82, 2.24) is 5.32 Å². The lowest BCUT2D eigenvalue weighted by Gasteiger charge is -2.08. The molecule has 0 radical (unpaired) electrons. The number of nitrogens with one attached hydrogen (secondary N) is 1. The molecule has 1 rings (SSSR count). The number of aliphatic hydroxyl groups is 1. The number of aliphatic hydroxyl groups excluding tert-OH is 1. The minimum atomic E-state index is -0.327. The summed E-state index contributed by atoms with van der Waals surface area (Å²) in [6.45, 7) is 1.61. The van der Waals surface area contributed by atoms with Crippen LogP contribution in [0, 0.1) is 0 Å². The van der Waals surface area contributed by atoms with Crippen LogP contribution in [-0.4, -0.2) is 23.7 Å². The minimum Gasteiger partial charge on any atom is -0.444 e. The number of halogens is 1. The van der Waals surface area contributed by atoms with Crippen LogP contribution in [0.4, 0.5) is 0 Å². The molecule has 5 heteroatoms. The molecule has 1 atom stereocenters. The number of hydrogen-bond acceptors (Lipinski definition) is 3. The van der Waals surface area contributed by atoms with Gasteiger partial charge in [0.1, 0.15) is 0 Å². The maximum absolute atomic E-state index is 11.3. The van der Waals surface area contributed by atoms with Crippen LogP contribution in [0.25, 0.3) is 0 Å². The molecule has 0 aliphatic carbocycles. The molecule has 4 nitrogen and oxygen atoms in total. The van der Waals surface area contributed by atoms with Gasteiger partial charge < -0.3 is 14.8 Å². The summed E-state index contributed by atoms with van der Waals surface area (Å²) in [5, 5.41) is 11.2. The van der Waals surface area contributed by atoms with Gasteiger partial charge in [0.25, 0.3) is 5.91 Å². The highest BCUT2D eigenvalue weighted by Crippen LogP contribution is 2.13. The molecule has 0 unspecified atom stereocenters. The average molecular weight is 248 g/mol. The van der Waals surface area contributed by atoms with Crippen LogP contribution in [0.2, 0.25) is 0 Å². The van der Waals surface area contributed by atoms with Crippen LogP contribution < -0.4 is 5.32 Å². The molecule has 0 aliphatic rings. The van der Waals surface area contributed by atoms with E-state index in [9.17, 15) is 4.79 Å². The smallest absolute Gasteiger partial charge is 0.287 e. The van der Waals surface area contributed by atoms with Gasteiger partial charge in [0, 0.05) is 6.04 Å². The predicted octanol–water partition coefficient (Wildman–Crippen LogP) is 1.15. The Hall–Kier alpha value is -0.810. The second kappa shape index (κ2) is 4.43. The molecular weight excluding hydrogens is 238 g/mol. The van der Waals surface area contributed by atoms with Crippen LogP contribution in [0.1, 0.15) is 17.5 Å². The number of amides is 1. The molecule has 13 heavy (non-hydrogen) atoms. The monoisotopic (exact) mass is 247 g/mol. The van der Waals surface area contributed by atoms with Crippen molar-refractivity contribution in [1.29, 1.82) is 0 Å². The molecule has 0 spiro atoms. The summed E-state index contributed by atoms with van der Waals surface area (Å²) >= 11 is 3.09. The third kappa shape index (κ3) is 2.86. The fourth-order valence-corrected chi connectivity index (χ4v) is 1.08. The van der Waals surface area contributed by atoms with E-state index in [1.165, 1.54) is 0 Å². The standard InChI is InChI=1S/C8H10BrNO3/c1-5(4-11)10-8(12)6-2-3-7(9)13-6/h2-3,5,11H,4H2,1H3,(H,10,12)/t5-/m1/s1. The van der Waals surface area contributed by atoms with E-state index in [0.717, 1.165) is 0 Å². The van der Waals surface area contributed by atoms with Crippen LogP contribution in [0.3, 0.4) is 0 Å². The molecule has 1 aromatic rings. The zero-order valence-corrected chi connectivity index (χ0v) is 8.67. The van der Waals surface area contributed by atoms with Crippen molar-refractivity contribution in [2.75, 3.05) is 6.61 Å². The largest absolute Gasteiger partial charge is 0.444 e. The van der Waals surface area contributed by atoms with Crippen molar-refractivity contribution in [3.8, 4) is 0 Å². The third-order valence-electron chi connectivity index (χ3n) is 1.45. The molecule has 2 N–H and O–H groups in total. The summed E-state index contributed by atoms with van der Waals surface area (Å²) in [5.41, 5.74) is 0. The van der Waals surface area contributed by atoms with Gasteiger partial charge in [-0.05, 0) is 35.0 Å². The molecule has 1 aromatic heterocycles. The highest BCUT2D eigenvalue weighted by molar-refractivity contribution is 9.10. The van der Waals surface area contributed by atoms with E-state index in [0.29, 0.717) is 4.67 Å². The fraction of sp³-hybridized carbons (Fsp3) is 0.375. The van der Waals surface area contributed by atoms with E-state index in [4.69, 9.17) is 9.52 Å². The van der Waals surface area contributed by atoms with Crippen molar-refractivity contribution in [2.24, 2.45) is 0 Å². The fourth-order valence-electron chi connectivity index (χ4n) is 0.777. The Morgan fingerprint density at radius 1 is 1.77 bits per heavy atom. The first kappa shape index (κ1) is 10.3. The molecule has 0 aromatic carbocycles. The summed E-state index contributed by atoms with van der Waals surface area (Å²) in [5.74, 6) is -0.0978. The second-order valence-electron chi connectivity index (χ2n) is 2.66. The van der Waals surface area contributed by atoms with Gasteiger partial charge in [-0.15, -0.1) is 0 Å². The summed E-state index contributed by atoms with van der Waals surface area (Å²) < 4.78 is 5.52. The lowest BCUT2D eigenvalue weighted by atomic mass is 10.3. The number of carbonyl (C=O) groups is 1. The Balaban J connectivity index is 2.58. The van der Waals surface area contributed by atoms with E-state index in [2.05, 4.69) is 21.2 Å². The average Bonchev–Trinajstić information content (AvgIpc) is 2.51. The molecule has 0 saturated heterocycles. The van der Waals surface area contributed by atoms with Crippen LogP contribution >= 0.6 is 15.9 Å². The van der Waals surface area contributed by atoms with E-state index in [1.807, 2.05) is 0 Å². The van der Waals surface area contributed by atoms with Gasteiger partial charge >= 0.3 is 0 Å². The Kier molecular flexibility index (Phi) is 3.50. The summed E-state index contributed by atoms with van der Waals surface area (Å²) in [6.07, 6.45) is 0. The molecule has 0 fully saturated rings. The second-order valence-corrected chi connectivity index (χ2v) is 3.44. The lowest BCUT2D eigenvalue weighted by Crippen LogP contribution is -2.34. The molecule has 1 heterocycles. The van der Waals surface area contributed by atoms with Crippen LogP contribution in [0.5, 0.6) is 0 Å². The van der Waals surface area contributed by atoms with Gasteiger partial charge in [-0.25, -0.2) is 0 Å². The van der Waals surface area contributed by atoms with Gasteiger partial charge in [-0.1, -0.05) is 0 Å². The summed E-state index contributed by atoms with van der Waals surface area (Å²) in [6, 6.07) is 2.93. The minimum absolute atomic E-state index is 0.0897. The van der Waals surface area contributed by atoms with Gasteiger partial charge in [0.05, 0.1) is 6.61 Å². The van der Waals surface area contributed by atoms with E-state index in [1.54, 1.807) is 19.1 Å². The van der Waals surface area contributed by atoms with Crippen molar-refractivity contribution in [3.05, 3.63) is 22.6 Å². The maximum atomic E-state index is 11.3. The lowest BCUT2D eigenvalue weighted by molar-refractivity contribution is 0.0893. The SMILES string of the molecule is C[C@H](CO)NC(=O)c1ccc(Br)o1. The normalized spacial score (nSPS) is 12.5. The van der Waals surface area contributed by atoms with Gasteiger partial charge in [-0.2, -0.15) is 0 Å². The quantitative estimate of drug-likeness (QED) is 0.843.